The highest BCUT2D eigenvalue weighted by atomic mass is 16.6. The van der Waals surface area contributed by atoms with E-state index in [-0.39, 0.29) is 47.8 Å². The van der Waals surface area contributed by atoms with Crippen LogP contribution in [0.15, 0.2) is 60.8 Å². The number of hydrogen-bond acceptors (Lipinski definition) is 8. The number of carbonyl (C=O) groups is 4. The highest BCUT2D eigenvalue weighted by Gasteiger charge is 2.40. The third-order valence-electron chi connectivity index (χ3n) is 12.9. The number of aromatic nitrogens is 4. The summed E-state index contributed by atoms with van der Waals surface area (Å²) >= 11 is 0. The summed E-state index contributed by atoms with van der Waals surface area (Å²) in [5.41, 5.74) is 5.16. The first-order valence-corrected chi connectivity index (χ1v) is 23.4. The zero-order valence-electron chi connectivity index (χ0n) is 38.7. The van der Waals surface area contributed by atoms with E-state index in [2.05, 4.69) is 39.0 Å². The Morgan fingerprint density at radius 2 is 1.28 bits per heavy atom. The Kier molecular flexibility index (Phi) is 13.1. The lowest BCUT2D eigenvalue weighted by atomic mass is 9.85. The highest BCUT2D eigenvalue weighted by Crippen LogP contribution is 2.38. The molecule has 2 saturated carbocycles. The largest absolute Gasteiger partial charge is 0.444 e. The standard InChI is InChI=1S/C51H64N8O6/c1-31-27-43(59(30-31)47(61)36-19-23-38(24-20-36)54-49(63)65-51(5,6)7)45-55-39-25-14-33(28-40(39)56-45)11-10-32-12-15-34(16-13-32)41-29-52-44(57-41)42-9-8-26-58(42)46(60)35-17-21-37(22-18-35)53-48(62)64-50(2,3)4/h12-16,25,28-29,35-38,42-43H,1,8-9,17-24,26-27,30H2,2-7H3,(H,52,57)(H,53,62)(H,54,63)(H,55,56)/t35?,36?,37?,38?,42-,43-/m0/s1. The second-order valence-electron chi connectivity index (χ2n) is 20.4. The van der Waals surface area contributed by atoms with Gasteiger partial charge in [0.2, 0.25) is 11.8 Å². The van der Waals surface area contributed by atoms with Gasteiger partial charge < -0.3 is 39.9 Å². The van der Waals surface area contributed by atoms with Crippen molar-refractivity contribution in [1.82, 2.24) is 40.4 Å². The van der Waals surface area contributed by atoms with Gasteiger partial charge in [-0.05, 0) is 148 Å². The number of alkyl carbamates (subject to hydrolysis) is 2. The van der Waals surface area contributed by atoms with E-state index < -0.39 is 23.4 Å². The average molecular weight is 885 g/mol. The molecule has 2 saturated heterocycles. The number of aromatic amines is 2. The summed E-state index contributed by atoms with van der Waals surface area (Å²) in [5.74, 6) is 8.27. The number of amides is 4. The summed E-state index contributed by atoms with van der Waals surface area (Å²) in [6, 6.07) is 13.7. The molecular weight excluding hydrogens is 821 g/mol. The van der Waals surface area contributed by atoms with Crippen LogP contribution in [0.5, 0.6) is 0 Å². The molecule has 4 heterocycles. The Labute approximate surface area is 382 Å². The third kappa shape index (κ3) is 11.2. The van der Waals surface area contributed by atoms with Gasteiger partial charge in [-0.15, -0.1) is 0 Å². The normalized spacial score (nSPS) is 23.8. The number of nitrogens with zero attached hydrogens (tertiary/aromatic N) is 4. The first-order chi connectivity index (χ1) is 30.9. The maximum absolute atomic E-state index is 13.9. The van der Waals surface area contributed by atoms with Crippen LogP contribution in [0.1, 0.15) is 147 Å². The molecular formula is C51H64N8O6. The maximum Gasteiger partial charge on any atom is 0.407 e. The number of carbonyl (C=O) groups excluding carboxylic acids is 4. The number of H-pyrrole nitrogens is 2. The van der Waals surface area contributed by atoms with Crippen LogP contribution in [0.4, 0.5) is 9.59 Å². The molecule has 14 heteroatoms. The second kappa shape index (κ2) is 18.8. The van der Waals surface area contributed by atoms with E-state index in [1.165, 1.54) is 0 Å². The predicted molar refractivity (Wildman–Crippen MR) is 248 cm³/mol. The first kappa shape index (κ1) is 45.5. The van der Waals surface area contributed by atoms with E-state index in [0.29, 0.717) is 32.4 Å². The lowest BCUT2D eigenvalue weighted by Crippen LogP contribution is -2.43. The molecule has 344 valence electrons. The molecule has 2 aromatic carbocycles. The fourth-order valence-corrected chi connectivity index (χ4v) is 9.77. The zero-order valence-corrected chi connectivity index (χ0v) is 38.7. The van der Waals surface area contributed by atoms with Crippen LogP contribution in [0.3, 0.4) is 0 Å². The van der Waals surface area contributed by atoms with Crippen molar-refractivity contribution in [3.8, 4) is 23.1 Å². The van der Waals surface area contributed by atoms with Crippen molar-refractivity contribution in [2.24, 2.45) is 11.8 Å². The quantitative estimate of drug-likeness (QED) is 0.105. The minimum Gasteiger partial charge on any atom is -0.444 e. The van der Waals surface area contributed by atoms with E-state index >= 15 is 0 Å². The second-order valence-corrected chi connectivity index (χ2v) is 20.4. The maximum atomic E-state index is 13.9. The monoisotopic (exact) mass is 884 g/mol. The van der Waals surface area contributed by atoms with Gasteiger partial charge in [0.15, 0.2) is 0 Å². The minimum absolute atomic E-state index is 0.00306. The third-order valence-corrected chi connectivity index (χ3v) is 12.9. The van der Waals surface area contributed by atoms with Crippen LogP contribution in [-0.4, -0.2) is 90.1 Å². The van der Waals surface area contributed by atoms with E-state index in [0.717, 1.165) is 102 Å². The molecule has 4 amide bonds. The number of rotatable bonds is 7. The van der Waals surface area contributed by atoms with Gasteiger partial charge in [-0.3, -0.25) is 9.59 Å². The van der Waals surface area contributed by atoms with Gasteiger partial charge in [0.05, 0.1) is 35.0 Å². The lowest BCUT2D eigenvalue weighted by Gasteiger charge is -2.33. The molecule has 0 spiro atoms. The Bertz CT molecular complexity index is 2470. The van der Waals surface area contributed by atoms with Crippen LogP contribution in [0, 0.1) is 23.7 Å². The van der Waals surface area contributed by atoms with Crippen molar-refractivity contribution < 1.29 is 28.7 Å². The average Bonchev–Trinajstić information content (AvgIpc) is 4.08. The van der Waals surface area contributed by atoms with Gasteiger partial charge in [0.1, 0.15) is 22.9 Å². The Balaban J connectivity index is 0.851. The van der Waals surface area contributed by atoms with Crippen LogP contribution < -0.4 is 10.6 Å². The van der Waals surface area contributed by atoms with Crippen LogP contribution in [0.2, 0.25) is 0 Å². The summed E-state index contributed by atoms with van der Waals surface area (Å²) in [4.78, 5) is 72.9. The van der Waals surface area contributed by atoms with Gasteiger partial charge in [-0.25, -0.2) is 19.6 Å². The highest BCUT2D eigenvalue weighted by molar-refractivity contribution is 5.82. The number of likely N-dealkylation sites (tertiary alicyclic amines) is 2. The zero-order chi connectivity index (χ0) is 46.0. The number of fused-ring (bicyclic) bond motifs is 1. The summed E-state index contributed by atoms with van der Waals surface area (Å²) in [5, 5.41) is 5.95. The molecule has 2 aromatic heterocycles. The molecule has 2 aliphatic carbocycles. The molecule has 8 rings (SSSR count). The van der Waals surface area contributed by atoms with E-state index in [1.807, 2.05) is 100 Å². The van der Waals surface area contributed by atoms with Crippen molar-refractivity contribution in [2.45, 2.75) is 148 Å². The number of benzene rings is 2. The molecule has 14 nitrogen and oxygen atoms in total. The molecule has 0 bridgehead atoms. The molecule has 2 atom stereocenters. The smallest absolute Gasteiger partial charge is 0.407 e. The van der Waals surface area contributed by atoms with Crippen molar-refractivity contribution in [3.63, 3.8) is 0 Å². The molecule has 4 aromatic rings. The van der Waals surface area contributed by atoms with Gasteiger partial charge in [-0.1, -0.05) is 36.1 Å². The summed E-state index contributed by atoms with van der Waals surface area (Å²) in [6.07, 6.45) is 9.32. The van der Waals surface area contributed by atoms with Gasteiger partial charge in [0.25, 0.3) is 0 Å². The Morgan fingerprint density at radius 3 is 1.88 bits per heavy atom. The fourth-order valence-electron chi connectivity index (χ4n) is 9.77. The first-order valence-electron chi connectivity index (χ1n) is 23.4. The molecule has 4 N–H and O–H groups in total. The van der Waals surface area contributed by atoms with Crippen molar-refractivity contribution in [2.75, 3.05) is 13.1 Å². The molecule has 0 unspecified atom stereocenters. The van der Waals surface area contributed by atoms with Gasteiger partial charge in [0, 0.05) is 48.1 Å². The summed E-state index contributed by atoms with van der Waals surface area (Å²) < 4.78 is 10.9. The predicted octanol–water partition coefficient (Wildman–Crippen LogP) is 9.01. The van der Waals surface area contributed by atoms with Crippen LogP contribution in [-0.2, 0) is 19.1 Å². The fraction of sp³-hybridized carbons (Fsp3) is 0.529. The summed E-state index contributed by atoms with van der Waals surface area (Å²) in [7, 11) is 0. The van der Waals surface area contributed by atoms with Gasteiger partial charge in [-0.2, -0.15) is 0 Å². The number of ether oxygens (including phenoxy) is 2. The molecule has 4 fully saturated rings. The van der Waals surface area contributed by atoms with Crippen molar-refractivity contribution in [3.05, 3.63) is 83.6 Å². The van der Waals surface area contributed by atoms with E-state index in [4.69, 9.17) is 19.4 Å². The Hall–Kier alpha value is -6.10. The van der Waals surface area contributed by atoms with E-state index in [1.54, 1.807) is 0 Å². The molecule has 2 aliphatic heterocycles. The van der Waals surface area contributed by atoms with E-state index in [9.17, 15) is 19.2 Å². The lowest BCUT2D eigenvalue weighted by molar-refractivity contribution is -0.138. The van der Waals surface area contributed by atoms with Crippen molar-refractivity contribution >= 4 is 35.0 Å². The minimum atomic E-state index is -0.557. The molecule has 65 heavy (non-hydrogen) atoms. The number of imidazole rings is 2. The van der Waals surface area contributed by atoms with Crippen LogP contribution in [0.25, 0.3) is 22.3 Å². The number of hydrogen-bond donors (Lipinski definition) is 4. The molecule has 0 radical (unpaired) electrons. The summed E-state index contributed by atoms with van der Waals surface area (Å²) in [6.45, 7) is 16.6. The van der Waals surface area contributed by atoms with Crippen LogP contribution >= 0.6 is 0 Å². The van der Waals surface area contributed by atoms with Crippen molar-refractivity contribution in [1.29, 1.82) is 0 Å². The topological polar surface area (TPSA) is 175 Å². The number of nitrogens with one attached hydrogen (secondary N) is 4. The Morgan fingerprint density at radius 1 is 0.708 bits per heavy atom. The SMILES string of the molecule is C=C1C[C@@H](c2nc3ccc(C#Cc4ccc(-c5cnc([C@@H]6CCCN6C(=O)C6CCC(NC(=O)OC(C)(C)C)CC6)[nH]5)cc4)cc3[nH]2)N(C(=O)C2CCC(NC(=O)OC(C)(C)C)CC2)C1. The van der Waals surface area contributed by atoms with Gasteiger partial charge >= 0.3 is 12.2 Å². The molecule has 4 aliphatic rings.